The smallest absolute Gasteiger partial charge is 0.302 e. The van der Waals surface area contributed by atoms with Crippen molar-refractivity contribution in [2.24, 2.45) is 0 Å². The SMILES string of the molecule is N#Cc1c(C(F)(F)F)cc(-c2cc(-c3cc(F)cc(C(F)(F)F)c3)cs2)n(Cc2ccc(F)cc2F)c1=O. The van der Waals surface area contributed by atoms with Crippen LogP contribution in [-0.4, -0.2) is 4.57 Å². The maximum absolute atomic E-state index is 14.3. The molecule has 0 bridgehead atoms. The van der Waals surface area contributed by atoms with Gasteiger partial charge in [-0.25, -0.2) is 13.2 Å². The molecule has 0 unspecified atom stereocenters. The van der Waals surface area contributed by atoms with Gasteiger partial charge in [-0.05, 0) is 52.9 Å². The first-order valence-corrected chi connectivity index (χ1v) is 11.2. The standard InChI is InChI=1S/C25H11F9N2OS/c26-16-2-1-12(20(28)7-16)10-36-21(8-19(25(32,33)34)18(9-35)23(36)37)22-5-14(11-38-22)13-3-15(24(29,30)31)6-17(27)4-13/h1-8,11H,10H2. The minimum absolute atomic E-state index is 0.000111. The monoisotopic (exact) mass is 558 g/mol. The fourth-order valence-corrected chi connectivity index (χ4v) is 4.64. The molecule has 0 amide bonds. The van der Waals surface area contributed by atoms with E-state index < -0.39 is 64.3 Å². The number of benzene rings is 2. The minimum atomic E-state index is -5.14. The molecule has 0 saturated heterocycles. The van der Waals surface area contributed by atoms with E-state index >= 15 is 0 Å². The minimum Gasteiger partial charge on any atom is -0.302 e. The van der Waals surface area contributed by atoms with Crippen molar-refractivity contribution in [3.05, 3.63) is 104 Å². The van der Waals surface area contributed by atoms with Gasteiger partial charge in [-0.2, -0.15) is 31.6 Å². The van der Waals surface area contributed by atoms with Gasteiger partial charge in [0.05, 0.1) is 28.2 Å². The van der Waals surface area contributed by atoms with Crippen molar-refractivity contribution in [1.82, 2.24) is 4.57 Å². The van der Waals surface area contributed by atoms with E-state index in [2.05, 4.69) is 0 Å². The summed E-state index contributed by atoms with van der Waals surface area (Å²) in [7, 11) is 0. The predicted octanol–water partition coefficient (Wildman–Crippen LogP) is 7.62. The molecular weight excluding hydrogens is 547 g/mol. The van der Waals surface area contributed by atoms with Gasteiger partial charge in [-0.3, -0.25) is 4.79 Å². The van der Waals surface area contributed by atoms with E-state index in [4.69, 9.17) is 0 Å². The quantitative estimate of drug-likeness (QED) is 0.242. The molecule has 4 aromatic rings. The lowest BCUT2D eigenvalue weighted by Gasteiger charge is -2.17. The first-order chi connectivity index (χ1) is 17.7. The number of pyridine rings is 1. The van der Waals surface area contributed by atoms with Crippen molar-refractivity contribution >= 4 is 11.3 Å². The molecule has 38 heavy (non-hydrogen) atoms. The van der Waals surface area contributed by atoms with Gasteiger partial charge in [-0.1, -0.05) is 6.07 Å². The molecule has 0 aliphatic heterocycles. The van der Waals surface area contributed by atoms with E-state index in [1.807, 2.05) is 0 Å². The summed E-state index contributed by atoms with van der Waals surface area (Å²) in [5.74, 6) is -3.25. The lowest BCUT2D eigenvalue weighted by Crippen LogP contribution is -2.28. The summed E-state index contributed by atoms with van der Waals surface area (Å²) in [6.07, 6.45) is -10.0. The van der Waals surface area contributed by atoms with Crippen molar-refractivity contribution in [1.29, 1.82) is 5.26 Å². The van der Waals surface area contributed by atoms with Gasteiger partial charge in [0.15, 0.2) is 0 Å². The molecule has 3 nitrogen and oxygen atoms in total. The van der Waals surface area contributed by atoms with E-state index in [0.717, 1.165) is 35.6 Å². The Morgan fingerprint density at radius 2 is 1.55 bits per heavy atom. The topological polar surface area (TPSA) is 45.8 Å². The number of halogens is 9. The normalized spacial score (nSPS) is 12.0. The fourth-order valence-electron chi connectivity index (χ4n) is 3.70. The van der Waals surface area contributed by atoms with Crippen LogP contribution in [0.3, 0.4) is 0 Å². The number of thiophene rings is 1. The molecule has 0 radical (unpaired) electrons. The summed E-state index contributed by atoms with van der Waals surface area (Å²) in [4.78, 5) is 12.9. The molecule has 0 spiro atoms. The van der Waals surface area contributed by atoms with E-state index in [1.54, 1.807) is 0 Å². The van der Waals surface area contributed by atoms with Gasteiger partial charge in [0.25, 0.3) is 5.56 Å². The Kier molecular flexibility index (Phi) is 6.88. The number of hydrogen-bond acceptors (Lipinski definition) is 3. The Labute approximate surface area is 211 Å². The first-order valence-electron chi connectivity index (χ1n) is 10.3. The second-order valence-electron chi connectivity index (χ2n) is 7.98. The average molecular weight is 558 g/mol. The zero-order valence-electron chi connectivity index (χ0n) is 18.5. The molecule has 0 aliphatic carbocycles. The van der Waals surface area contributed by atoms with Crippen molar-refractivity contribution in [2.75, 3.05) is 0 Å². The molecule has 0 N–H and O–H groups in total. The highest BCUT2D eigenvalue weighted by Crippen LogP contribution is 2.39. The third-order valence-corrected chi connectivity index (χ3v) is 6.42. The summed E-state index contributed by atoms with van der Waals surface area (Å²) in [6, 6.07) is 6.89. The van der Waals surface area contributed by atoms with Gasteiger partial charge in [0.1, 0.15) is 29.1 Å². The van der Waals surface area contributed by atoms with Crippen LogP contribution in [-0.2, 0) is 18.9 Å². The van der Waals surface area contributed by atoms with Crippen LogP contribution >= 0.6 is 11.3 Å². The zero-order chi connectivity index (χ0) is 28.0. The lowest BCUT2D eigenvalue weighted by atomic mass is 10.0. The van der Waals surface area contributed by atoms with E-state index in [1.165, 1.54) is 11.4 Å². The second-order valence-corrected chi connectivity index (χ2v) is 8.89. The maximum atomic E-state index is 14.3. The Balaban J connectivity index is 1.93. The van der Waals surface area contributed by atoms with Gasteiger partial charge in [0.2, 0.25) is 0 Å². The molecule has 2 aromatic carbocycles. The van der Waals surface area contributed by atoms with Crippen molar-refractivity contribution in [3.63, 3.8) is 0 Å². The van der Waals surface area contributed by atoms with E-state index in [-0.39, 0.29) is 27.6 Å². The molecule has 4 rings (SSSR count). The number of alkyl halides is 6. The molecule has 2 aromatic heterocycles. The number of rotatable bonds is 4. The average Bonchev–Trinajstić information content (AvgIpc) is 3.30. The van der Waals surface area contributed by atoms with Gasteiger partial charge >= 0.3 is 12.4 Å². The molecule has 0 fully saturated rings. The second kappa shape index (κ2) is 9.68. The highest BCUT2D eigenvalue weighted by molar-refractivity contribution is 7.14. The zero-order valence-corrected chi connectivity index (χ0v) is 19.3. The Hall–Kier alpha value is -4.05. The highest BCUT2D eigenvalue weighted by atomic mass is 32.1. The van der Waals surface area contributed by atoms with Crippen molar-refractivity contribution in [2.45, 2.75) is 18.9 Å². The Morgan fingerprint density at radius 1 is 0.842 bits per heavy atom. The Bertz CT molecular complexity index is 1640. The van der Waals surface area contributed by atoms with E-state index in [9.17, 15) is 49.6 Å². The van der Waals surface area contributed by atoms with Gasteiger partial charge < -0.3 is 4.57 Å². The molecule has 196 valence electrons. The van der Waals surface area contributed by atoms with Crippen LogP contribution in [0.2, 0.25) is 0 Å². The fraction of sp³-hybridized carbons (Fsp3) is 0.120. The highest BCUT2D eigenvalue weighted by Gasteiger charge is 2.37. The van der Waals surface area contributed by atoms with Crippen LogP contribution in [0.25, 0.3) is 21.7 Å². The number of hydrogen-bond donors (Lipinski definition) is 0. The number of nitrogens with zero attached hydrogens (tertiary/aromatic N) is 2. The molecule has 0 atom stereocenters. The number of nitriles is 1. The summed E-state index contributed by atoms with van der Waals surface area (Å²) in [5, 5.41) is 10.5. The largest absolute Gasteiger partial charge is 0.417 e. The van der Waals surface area contributed by atoms with Crippen LogP contribution < -0.4 is 5.56 Å². The van der Waals surface area contributed by atoms with Crippen molar-refractivity contribution < 1.29 is 39.5 Å². The van der Waals surface area contributed by atoms with Gasteiger partial charge in [-0.15, -0.1) is 11.3 Å². The van der Waals surface area contributed by atoms with Crippen LogP contribution in [0.15, 0.2) is 58.7 Å². The lowest BCUT2D eigenvalue weighted by molar-refractivity contribution is -0.138. The maximum Gasteiger partial charge on any atom is 0.417 e. The first kappa shape index (κ1) is 27.0. The predicted molar refractivity (Wildman–Crippen MR) is 120 cm³/mol. The van der Waals surface area contributed by atoms with E-state index in [0.29, 0.717) is 22.8 Å². The molecule has 0 aliphatic rings. The van der Waals surface area contributed by atoms with Crippen molar-refractivity contribution in [3.8, 4) is 27.8 Å². The summed E-state index contributed by atoms with van der Waals surface area (Å²) in [5.41, 5.74) is -6.49. The summed E-state index contributed by atoms with van der Waals surface area (Å²) >= 11 is 0.722. The van der Waals surface area contributed by atoms with Crippen LogP contribution in [0.4, 0.5) is 39.5 Å². The van der Waals surface area contributed by atoms with Crippen LogP contribution in [0.1, 0.15) is 22.3 Å². The molecular formula is C25H11F9N2OS. The third kappa shape index (κ3) is 5.31. The van der Waals surface area contributed by atoms with Crippen LogP contribution in [0.5, 0.6) is 0 Å². The third-order valence-electron chi connectivity index (χ3n) is 5.47. The summed E-state index contributed by atoms with van der Waals surface area (Å²) in [6.45, 7) is -0.696. The number of aromatic nitrogens is 1. The van der Waals surface area contributed by atoms with Crippen LogP contribution in [0, 0.1) is 28.8 Å². The summed E-state index contributed by atoms with van der Waals surface area (Å²) < 4.78 is 123. The van der Waals surface area contributed by atoms with Gasteiger partial charge in [0, 0.05) is 11.6 Å². The molecule has 13 heteroatoms. The molecule has 0 saturated carbocycles. The Morgan fingerprint density at radius 3 is 2.16 bits per heavy atom. The molecule has 2 heterocycles.